The molecule has 7 nitrogen and oxygen atoms in total. The zero-order valence-electron chi connectivity index (χ0n) is 23.3. The number of anilines is 1. The first-order valence-electron chi connectivity index (χ1n) is 14.1. The van der Waals surface area contributed by atoms with Crippen LogP contribution in [0.1, 0.15) is 58.9 Å². The highest BCUT2D eigenvalue weighted by Crippen LogP contribution is 2.40. The number of hydrogen-bond donors (Lipinski definition) is 0. The smallest absolute Gasteiger partial charge is 0.339 e. The lowest BCUT2D eigenvalue weighted by Crippen LogP contribution is -2.30. The van der Waals surface area contributed by atoms with Crippen molar-refractivity contribution < 1.29 is 23.9 Å². The third-order valence-corrected chi connectivity index (χ3v) is 8.57. The van der Waals surface area contributed by atoms with Gasteiger partial charge in [0.1, 0.15) is 0 Å². The molecule has 0 radical (unpaired) electrons. The number of pyridine rings is 1. The van der Waals surface area contributed by atoms with Crippen LogP contribution < -0.4 is 4.90 Å². The Hall–Kier alpha value is -4.36. The summed E-state index contributed by atoms with van der Waals surface area (Å²) in [5.74, 6) is -1.71. The van der Waals surface area contributed by atoms with Crippen molar-refractivity contribution in [2.24, 2.45) is 11.8 Å². The number of para-hydroxylation sites is 1. The molecule has 1 saturated carbocycles. The molecule has 3 unspecified atom stereocenters. The number of aryl methyl sites for hydroxylation is 1. The number of amides is 2. The summed E-state index contributed by atoms with van der Waals surface area (Å²) < 4.78 is 5.64. The molecule has 0 N–H and O–H groups in total. The van der Waals surface area contributed by atoms with Gasteiger partial charge >= 0.3 is 5.97 Å². The van der Waals surface area contributed by atoms with E-state index in [1.165, 1.54) is 4.90 Å². The number of benzene rings is 3. The average molecular weight is 581 g/mol. The van der Waals surface area contributed by atoms with Crippen molar-refractivity contribution >= 4 is 51.8 Å². The van der Waals surface area contributed by atoms with Crippen molar-refractivity contribution in [1.29, 1.82) is 0 Å². The summed E-state index contributed by atoms with van der Waals surface area (Å²) in [6.07, 6.45) is 2.42. The highest BCUT2D eigenvalue weighted by atomic mass is 35.5. The lowest BCUT2D eigenvalue weighted by molar-refractivity contribution is -0.122. The van der Waals surface area contributed by atoms with Crippen LogP contribution in [0.2, 0.25) is 5.02 Å². The fraction of sp³-hybridized carbons (Fsp3) is 0.265. The third-order valence-electron chi connectivity index (χ3n) is 8.26. The van der Waals surface area contributed by atoms with Gasteiger partial charge in [0.25, 0.3) is 0 Å². The molecule has 0 bridgehead atoms. The average Bonchev–Trinajstić information content (AvgIpc) is 3.26. The van der Waals surface area contributed by atoms with Gasteiger partial charge in [0.2, 0.25) is 17.6 Å². The van der Waals surface area contributed by atoms with Crippen molar-refractivity contribution in [2.45, 2.75) is 45.6 Å². The number of hydrogen-bond acceptors (Lipinski definition) is 6. The van der Waals surface area contributed by atoms with Gasteiger partial charge in [0.15, 0.2) is 6.10 Å². The largest absolute Gasteiger partial charge is 0.451 e. The number of nitrogens with zero attached hydrogens (tertiary/aromatic N) is 2. The Kier molecular flexibility index (Phi) is 7.37. The number of ether oxygens (including phenoxy) is 1. The van der Waals surface area contributed by atoms with Crippen LogP contribution in [0.15, 0.2) is 72.8 Å². The van der Waals surface area contributed by atoms with E-state index in [1.807, 2.05) is 19.1 Å². The quantitative estimate of drug-likeness (QED) is 0.139. The summed E-state index contributed by atoms with van der Waals surface area (Å²) in [5, 5.41) is 0.860. The Labute approximate surface area is 248 Å². The van der Waals surface area contributed by atoms with Gasteiger partial charge in [-0.3, -0.25) is 19.3 Å². The number of imide groups is 1. The number of rotatable bonds is 6. The predicted molar refractivity (Wildman–Crippen MR) is 161 cm³/mol. The molecule has 2 aliphatic rings. The molecule has 2 amide bonds. The Balaban J connectivity index is 1.30. The maximum absolute atomic E-state index is 13.5. The predicted octanol–water partition coefficient (Wildman–Crippen LogP) is 6.97. The summed E-state index contributed by atoms with van der Waals surface area (Å²) in [6.45, 7) is 3.48. The highest BCUT2D eigenvalue weighted by molar-refractivity contribution is 6.35. The van der Waals surface area contributed by atoms with Gasteiger partial charge in [-0.05, 0) is 51.0 Å². The number of ketones is 1. The number of Topliss-reactive ketones (excluding diaryl/α,β-unsaturated/α-hetero) is 1. The minimum atomic E-state index is -1.01. The molecule has 212 valence electrons. The Morgan fingerprint density at radius 2 is 1.57 bits per heavy atom. The van der Waals surface area contributed by atoms with Gasteiger partial charge in [-0.1, -0.05) is 78.5 Å². The van der Waals surface area contributed by atoms with E-state index in [0.717, 1.165) is 31.2 Å². The minimum absolute atomic E-state index is 0.132. The second-order valence-electron chi connectivity index (χ2n) is 11.0. The number of carbonyl (C=O) groups excluding carboxylic acids is 4. The van der Waals surface area contributed by atoms with Gasteiger partial charge in [-0.15, -0.1) is 0 Å². The Morgan fingerprint density at radius 3 is 2.21 bits per heavy atom. The zero-order chi connectivity index (χ0) is 29.5. The van der Waals surface area contributed by atoms with Crippen molar-refractivity contribution in [3.05, 3.63) is 94.5 Å². The fourth-order valence-electron chi connectivity index (χ4n) is 5.96. The van der Waals surface area contributed by atoms with Crippen LogP contribution in [-0.2, 0) is 14.3 Å². The van der Waals surface area contributed by atoms with Crippen LogP contribution in [0.3, 0.4) is 0 Å². The number of halogens is 1. The molecule has 4 aromatic rings. The summed E-state index contributed by atoms with van der Waals surface area (Å²) >= 11 is 6.50. The van der Waals surface area contributed by atoms with E-state index in [2.05, 4.69) is 0 Å². The van der Waals surface area contributed by atoms with Crippen LogP contribution in [0, 0.1) is 18.8 Å². The number of carbonyl (C=O) groups is 4. The van der Waals surface area contributed by atoms with Crippen LogP contribution >= 0.6 is 11.6 Å². The van der Waals surface area contributed by atoms with Crippen molar-refractivity contribution in [2.75, 3.05) is 4.90 Å². The molecule has 0 spiro atoms. The molecule has 1 aliphatic carbocycles. The molecular weight excluding hydrogens is 552 g/mol. The van der Waals surface area contributed by atoms with Gasteiger partial charge in [-0.2, -0.15) is 0 Å². The lowest BCUT2D eigenvalue weighted by Gasteiger charge is -2.19. The van der Waals surface area contributed by atoms with E-state index in [0.29, 0.717) is 38.4 Å². The first-order valence-corrected chi connectivity index (χ1v) is 14.5. The number of esters is 1. The first-order chi connectivity index (χ1) is 20.2. The molecule has 1 saturated heterocycles. The van der Waals surface area contributed by atoms with E-state index < -0.39 is 12.1 Å². The van der Waals surface area contributed by atoms with Crippen molar-refractivity contribution in [1.82, 2.24) is 4.98 Å². The summed E-state index contributed by atoms with van der Waals surface area (Å²) in [7, 11) is 0. The molecule has 42 heavy (non-hydrogen) atoms. The fourth-order valence-corrected chi connectivity index (χ4v) is 6.18. The third kappa shape index (κ3) is 4.98. The Morgan fingerprint density at radius 1 is 0.929 bits per heavy atom. The molecule has 2 fully saturated rings. The zero-order valence-corrected chi connectivity index (χ0v) is 24.1. The van der Waals surface area contributed by atoms with E-state index in [9.17, 15) is 19.2 Å². The van der Waals surface area contributed by atoms with Crippen LogP contribution in [0.4, 0.5) is 5.69 Å². The second-order valence-corrected chi connectivity index (χ2v) is 11.4. The van der Waals surface area contributed by atoms with Gasteiger partial charge in [0, 0.05) is 16.5 Å². The molecule has 8 heteroatoms. The standard InChI is InChI=1S/C34H29ClN2O5/c1-19-10-12-22(13-11-19)31(38)20(2)42-34(41)27-18-29(36-30-24(27)8-5-9-28(30)35)21-14-16-23(17-15-21)37-32(39)25-6-3-4-7-26(25)33(37)40/h5,8-18,20,25-26H,3-4,6-7H2,1-2H3. The van der Waals surface area contributed by atoms with Crippen molar-refractivity contribution in [3.63, 3.8) is 0 Å². The molecule has 2 heterocycles. The number of aromatic nitrogens is 1. The molecule has 3 aromatic carbocycles. The highest BCUT2D eigenvalue weighted by Gasteiger charge is 2.48. The lowest BCUT2D eigenvalue weighted by atomic mass is 9.81. The number of fused-ring (bicyclic) bond motifs is 2. The van der Waals surface area contributed by atoms with E-state index >= 15 is 0 Å². The van der Waals surface area contributed by atoms with Crippen LogP contribution in [0.25, 0.3) is 22.2 Å². The molecule has 3 atom stereocenters. The van der Waals surface area contributed by atoms with Gasteiger partial charge in [0.05, 0.1) is 39.3 Å². The maximum atomic E-state index is 13.5. The topological polar surface area (TPSA) is 93.6 Å². The van der Waals surface area contributed by atoms with E-state index in [4.69, 9.17) is 21.3 Å². The molecule has 6 rings (SSSR count). The Bertz CT molecular complexity index is 1710. The van der Waals surface area contributed by atoms with E-state index in [-0.39, 0.29) is 35.0 Å². The molecular formula is C34H29ClN2O5. The monoisotopic (exact) mass is 580 g/mol. The SMILES string of the molecule is Cc1ccc(C(=O)C(C)OC(=O)c2cc(-c3ccc(N4C(=O)C5CCCCC5C4=O)cc3)nc3c(Cl)cccc23)cc1. The van der Waals surface area contributed by atoms with Gasteiger partial charge < -0.3 is 4.74 Å². The van der Waals surface area contributed by atoms with Crippen LogP contribution in [-0.4, -0.2) is 34.7 Å². The van der Waals surface area contributed by atoms with Crippen LogP contribution in [0.5, 0.6) is 0 Å². The maximum Gasteiger partial charge on any atom is 0.339 e. The molecule has 1 aromatic heterocycles. The van der Waals surface area contributed by atoms with E-state index in [1.54, 1.807) is 67.6 Å². The first kappa shape index (κ1) is 27.8. The summed E-state index contributed by atoms with van der Waals surface area (Å²) in [5.41, 5.74) is 3.75. The minimum Gasteiger partial charge on any atom is -0.451 e. The van der Waals surface area contributed by atoms with Gasteiger partial charge in [-0.25, -0.2) is 9.78 Å². The normalized spacial score (nSPS) is 19.1. The summed E-state index contributed by atoms with van der Waals surface area (Å²) in [6, 6.07) is 20.8. The summed E-state index contributed by atoms with van der Waals surface area (Å²) in [4.78, 5) is 58.5. The molecule has 1 aliphatic heterocycles. The second kappa shape index (κ2) is 11.1. The van der Waals surface area contributed by atoms with Crippen molar-refractivity contribution in [3.8, 4) is 11.3 Å².